The summed E-state index contributed by atoms with van der Waals surface area (Å²) < 4.78 is 24.8. The maximum absolute atomic E-state index is 9.33. The van der Waals surface area contributed by atoms with Gasteiger partial charge in [0.1, 0.15) is 32.6 Å². The van der Waals surface area contributed by atoms with E-state index in [1.807, 2.05) is 79.0 Å². The highest BCUT2D eigenvalue weighted by Gasteiger charge is 2.51. The molecule has 0 bridgehead atoms. The molecule has 7 heterocycles. The van der Waals surface area contributed by atoms with Crippen LogP contribution in [0.1, 0.15) is 27.7 Å². The topological polar surface area (TPSA) is 203 Å². The predicted molar refractivity (Wildman–Crippen MR) is 329 cm³/mol. The number of hydrogen-bond acceptors (Lipinski definition) is 14. The molecule has 404 valence electrons. The van der Waals surface area contributed by atoms with Gasteiger partial charge in [-0.25, -0.2) is 19.9 Å². The lowest BCUT2D eigenvalue weighted by molar-refractivity contribution is 0.00578. The summed E-state index contributed by atoms with van der Waals surface area (Å²) >= 11 is 16.2. The van der Waals surface area contributed by atoms with E-state index < -0.39 is 32.6 Å². The van der Waals surface area contributed by atoms with E-state index in [9.17, 15) is 10.0 Å². The minimum absolute atomic E-state index is 0.0625. The quantitative estimate of drug-likeness (QED) is 0.0695. The fourth-order valence-corrected chi connectivity index (χ4v) is 10.2. The predicted octanol–water partition coefficient (Wildman–Crippen LogP) is 11.8. The Balaban J connectivity index is 0.000000150. The molecule has 0 atom stereocenters. The highest BCUT2D eigenvalue weighted by molar-refractivity contribution is 6.62. The fourth-order valence-electron chi connectivity index (χ4n) is 9.51. The molecule has 0 unspecified atom stereocenters. The number of furan rings is 2. The van der Waals surface area contributed by atoms with Gasteiger partial charge in [-0.2, -0.15) is 0 Å². The SMILES string of the molecule is CC1(C)OB(c2cccc(-c3cc(-c4cccnc4)nc(-c4ccc5oc6ccc7ccccc7c6c5c4)n3)c2)OC1(C)C.Clc1cc(Cl)nc(Cl)n1.OB(O)c1ccc2oc3ccc4ccccc4c3c2c1.OB(O)c1cccnc1. The third kappa shape index (κ3) is 11.8. The first kappa shape index (κ1) is 55.8. The molecule has 0 spiro atoms. The standard InChI is InChI=1S/C37H30BN3O3.C16H11BO3.C5H6BNO2.C4HCl3N2/c1-36(2)37(3,4)44-38(43-36)27-12-7-10-24(19-27)30-21-31(26-11-8-18-39-22-26)41-35(40-30)25-15-16-32-29(20-25)34-28-13-6-5-9-23(28)14-17-33(34)42-32;18-17(19)11-6-8-14-13(9-11)16-12-4-2-1-3-10(12)5-7-15(16)20-14;8-6(9)5-2-1-3-7-4-5;5-2-1-3(6)9-4(7)8-2/h5-22H,1-4H3;1-9,18-19H;1-4,8-9H;1H. The minimum atomic E-state index is -1.47. The summed E-state index contributed by atoms with van der Waals surface area (Å²) in [4.78, 5) is 25.3. The van der Waals surface area contributed by atoms with Gasteiger partial charge in [-0.1, -0.05) is 126 Å². The van der Waals surface area contributed by atoms with Crippen molar-refractivity contribution in [1.82, 2.24) is 29.9 Å². The van der Waals surface area contributed by atoms with Crippen LogP contribution in [0.2, 0.25) is 15.6 Å². The van der Waals surface area contributed by atoms with Gasteiger partial charge in [-0.15, -0.1) is 0 Å². The third-order valence-corrected chi connectivity index (χ3v) is 14.9. The number of fused-ring (bicyclic) bond motifs is 10. The monoisotopic (exact) mass is 1140 g/mol. The zero-order valence-electron chi connectivity index (χ0n) is 44.4. The maximum atomic E-state index is 9.33. The number of halogens is 3. The number of rotatable bonds is 6. The molecule has 0 amide bonds. The van der Waals surface area contributed by atoms with Crippen LogP contribution >= 0.6 is 34.8 Å². The molecule has 1 aliphatic rings. The molecule has 14 nitrogen and oxygen atoms in total. The van der Waals surface area contributed by atoms with Crippen molar-refractivity contribution in [3.05, 3.63) is 210 Å². The summed E-state index contributed by atoms with van der Waals surface area (Å²) in [6.07, 6.45) is 6.58. The summed E-state index contributed by atoms with van der Waals surface area (Å²) in [7, 11) is -3.34. The normalized spacial score (nSPS) is 13.4. The second-order valence-electron chi connectivity index (χ2n) is 20.2. The average Bonchev–Trinajstić information content (AvgIpc) is 4.34. The summed E-state index contributed by atoms with van der Waals surface area (Å²) in [5, 5.41) is 44.9. The van der Waals surface area contributed by atoms with E-state index in [0.29, 0.717) is 16.8 Å². The summed E-state index contributed by atoms with van der Waals surface area (Å²) in [6, 6.07) is 54.8. The highest BCUT2D eigenvalue weighted by Crippen LogP contribution is 2.39. The molecule has 1 saturated heterocycles. The average molecular weight is 1140 g/mol. The minimum Gasteiger partial charge on any atom is -0.456 e. The Kier molecular flexibility index (Phi) is 16.0. The first-order valence-electron chi connectivity index (χ1n) is 25.9. The molecule has 0 saturated carbocycles. The van der Waals surface area contributed by atoms with Gasteiger partial charge in [0, 0.05) is 69.0 Å². The molecular formula is C62H48B3Cl3N6O8. The zero-order valence-corrected chi connectivity index (χ0v) is 46.7. The molecule has 14 rings (SSSR count). The molecule has 13 aromatic rings. The van der Waals surface area contributed by atoms with Gasteiger partial charge in [-0.05, 0) is 138 Å². The van der Waals surface area contributed by atoms with Gasteiger partial charge in [0.25, 0.3) is 0 Å². The van der Waals surface area contributed by atoms with Crippen molar-refractivity contribution < 1.29 is 38.2 Å². The Morgan fingerprint density at radius 3 is 1.52 bits per heavy atom. The number of pyridine rings is 2. The molecule has 1 fully saturated rings. The summed E-state index contributed by atoms with van der Waals surface area (Å²) in [5.41, 5.74) is 8.59. The van der Waals surface area contributed by atoms with E-state index in [0.717, 1.165) is 93.6 Å². The summed E-state index contributed by atoms with van der Waals surface area (Å²) in [5.74, 6) is 0.624. The lowest BCUT2D eigenvalue weighted by Crippen LogP contribution is -2.41. The van der Waals surface area contributed by atoms with Crippen molar-refractivity contribution in [2.24, 2.45) is 0 Å². The molecule has 82 heavy (non-hydrogen) atoms. The van der Waals surface area contributed by atoms with Gasteiger partial charge >= 0.3 is 21.4 Å². The molecule has 0 aliphatic carbocycles. The molecular weight excluding hydrogens is 1100 g/mol. The largest absolute Gasteiger partial charge is 0.494 e. The van der Waals surface area contributed by atoms with Gasteiger partial charge in [0.05, 0.1) is 22.6 Å². The van der Waals surface area contributed by atoms with Crippen LogP contribution in [-0.2, 0) is 9.31 Å². The van der Waals surface area contributed by atoms with Crippen molar-refractivity contribution in [3.63, 3.8) is 0 Å². The highest BCUT2D eigenvalue weighted by atomic mass is 35.5. The zero-order chi connectivity index (χ0) is 57.3. The Bertz CT molecular complexity index is 4400. The van der Waals surface area contributed by atoms with Gasteiger partial charge in [0.15, 0.2) is 5.82 Å². The molecule has 4 N–H and O–H groups in total. The first-order valence-corrected chi connectivity index (χ1v) is 27.0. The Hall–Kier alpha value is -8.06. The van der Waals surface area contributed by atoms with Crippen molar-refractivity contribution in [1.29, 1.82) is 0 Å². The van der Waals surface area contributed by atoms with Crippen molar-refractivity contribution in [2.75, 3.05) is 0 Å². The number of benzene rings is 7. The Morgan fingerprint density at radius 1 is 0.439 bits per heavy atom. The van der Waals surface area contributed by atoms with Crippen LogP contribution in [0.25, 0.3) is 99.3 Å². The van der Waals surface area contributed by atoms with Crippen molar-refractivity contribution in [2.45, 2.75) is 38.9 Å². The van der Waals surface area contributed by atoms with Crippen LogP contribution in [0.3, 0.4) is 0 Å². The van der Waals surface area contributed by atoms with Crippen LogP contribution in [-0.4, -0.2) is 82.6 Å². The lowest BCUT2D eigenvalue weighted by Gasteiger charge is -2.32. The van der Waals surface area contributed by atoms with Crippen molar-refractivity contribution in [3.8, 4) is 33.9 Å². The Labute approximate surface area is 486 Å². The smallest absolute Gasteiger partial charge is 0.456 e. The molecule has 1 aliphatic heterocycles. The first-order chi connectivity index (χ1) is 39.5. The van der Waals surface area contributed by atoms with Gasteiger partial charge in [-0.3, -0.25) is 9.97 Å². The van der Waals surface area contributed by atoms with Gasteiger partial charge in [0.2, 0.25) is 5.28 Å². The number of nitrogens with zero attached hydrogens (tertiary/aromatic N) is 6. The van der Waals surface area contributed by atoms with Crippen LogP contribution in [0.5, 0.6) is 0 Å². The second-order valence-corrected chi connectivity index (χ2v) is 21.3. The van der Waals surface area contributed by atoms with Crippen LogP contribution < -0.4 is 16.4 Å². The van der Waals surface area contributed by atoms with Crippen LogP contribution in [0.4, 0.5) is 0 Å². The van der Waals surface area contributed by atoms with E-state index >= 15 is 0 Å². The van der Waals surface area contributed by atoms with Crippen LogP contribution in [0.15, 0.2) is 203 Å². The lowest BCUT2D eigenvalue weighted by atomic mass is 9.78. The number of hydrogen-bond donors (Lipinski definition) is 4. The van der Waals surface area contributed by atoms with E-state index in [1.54, 1.807) is 42.7 Å². The van der Waals surface area contributed by atoms with E-state index in [-0.39, 0.29) is 15.6 Å². The van der Waals surface area contributed by atoms with E-state index in [4.69, 9.17) is 73.0 Å². The number of aromatic nitrogens is 6. The maximum Gasteiger partial charge on any atom is 0.494 e. The van der Waals surface area contributed by atoms with E-state index in [2.05, 4.69) is 108 Å². The van der Waals surface area contributed by atoms with Crippen molar-refractivity contribution >= 4 is 138 Å². The second kappa shape index (κ2) is 23.4. The Morgan fingerprint density at radius 2 is 0.976 bits per heavy atom. The molecule has 6 aromatic heterocycles. The summed E-state index contributed by atoms with van der Waals surface area (Å²) in [6.45, 7) is 8.26. The fraction of sp³-hybridized carbons (Fsp3) is 0.0968. The van der Waals surface area contributed by atoms with E-state index in [1.165, 1.54) is 17.6 Å². The molecule has 20 heteroatoms. The molecule has 0 radical (unpaired) electrons. The third-order valence-electron chi connectivity index (χ3n) is 14.3. The molecule has 7 aromatic carbocycles. The van der Waals surface area contributed by atoms with Crippen LogP contribution in [0, 0.1) is 0 Å². The van der Waals surface area contributed by atoms with Gasteiger partial charge < -0.3 is 38.2 Å².